The summed E-state index contributed by atoms with van der Waals surface area (Å²) in [7, 11) is 0. The first-order chi connectivity index (χ1) is 15.0. The van der Waals surface area contributed by atoms with E-state index in [1.54, 1.807) is 30.3 Å². The molecule has 0 fully saturated rings. The Labute approximate surface area is 184 Å². The lowest BCUT2D eigenvalue weighted by Gasteiger charge is -2.24. The smallest absolute Gasteiger partial charge is 0.326 e. The number of carbonyl (C=O) groups excluding carboxylic acids is 4. The Kier molecular flexibility index (Phi) is 10.8. The van der Waals surface area contributed by atoms with Gasteiger partial charge in [0.1, 0.15) is 18.1 Å². The highest BCUT2D eigenvalue weighted by Crippen LogP contribution is 2.06. The number of aliphatic hydroxyl groups excluding tert-OH is 1. The third-order valence-electron chi connectivity index (χ3n) is 4.44. The molecule has 0 saturated heterocycles. The van der Waals surface area contributed by atoms with Crippen molar-refractivity contribution < 1.29 is 34.2 Å². The van der Waals surface area contributed by atoms with Crippen molar-refractivity contribution in [3.8, 4) is 0 Å². The molecular formula is C20H29N5O7. The molecule has 0 aliphatic heterocycles. The maximum Gasteiger partial charge on any atom is 0.326 e. The zero-order chi connectivity index (χ0) is 24.3. The van der Waals surface area contributed by atoms with Crippen molar-refractivity contribution in [3.63, 3.8) is 0 Å². The number of hydrogen-bond acceptors (Lipinski definition) is 7. The van der Waals surface area contributed by atoms with Crippen molar-refractivity contribution in [1.82, 2.24) is 16.0 Å². The average Bonchev–Trinajstić information content (AvgIpc) is 2.74. The molecule has 0 radical (unpaired) electrons. The van der Waals surface area contributed by atoms with E-state index in [2.05, 4.69) is 16.0 Å². The Morgan fingerprint density at radius 1 is 0.906 bits per heavy atom. The fraction of sp³-hybridized carbons (Fsp3) is 0.450. The van der Waals surface area contributed by atoms with Crippen molar-refractivity contribution in [1.29, 1.82) is 0 Å². The largest absolute Gasteiger partial charge is 0.480 e. The number of aliphatic carboxylic acids is 1. The second-order valence-electron chi connectivity index (χ2n) is 7.19. The Balaban J connectivity index is 3.01. The normalized spacial score (nSPS) is 14.3. The first kappa shape index (κ1) is 26.5. The Hall–Kier alpha value is -3.51. The second kappa shape index (κ2) is 13.0. The summed E-state index contributed by atoms with van der Waals surface area (Å²) in [6.45, 7) is 0.645. The van der Waals surface area contributed by atoms with Crippen LogP contribution in [0, 0.1) is 0 Å². The Bertz CT molecular complexity index is 816. The minimum atomic E-state index is -1.41. The van der Waals surface area contributed by atoms with E-state index < -0.39 is 60.4 Å². The van der Waals surface area contributed by atoms with Crippen LogP contribution in [0.1, 0.15) is 25.3 Å². The molecule has 4 amide bonds. The van der Waals surface area contributed by atoms with Gasteiger partial charge < -0.3 is 37.6 Å². The van der Waals surface area contributed by atoms with Gasteiger partial charge in [-0.3, -0.25) is 19.2 Å². The van der Waals surface area contributed by atoms with Crippen LogP contribution >= 0.6 is 0 Å². The van der Waals surface area contributed by atoms with Crippen LogP contribution in [0.2, 0.25) is 0 Å². The molecule has 4 atom stereocenters. The molecular weight excluding hydrogens is 422 g/mol. The van der Waals surface area contributed by atoms with Crippen molar-refractivity contribution in [2.75, 3.05) is 6.61 Å². The predicted octanol–water partition coefficient (Wildman–Crippen LogP) is -2.63. The van der Waals surface area contributed by atoms with Gasteiger partial charge in [0.25, 0.3) is 0 Å². The zero-order valence-corrected chi connectivity index (χ0v) is 17.6. The van der Waals surface area contributed by atoms with Gasteiger partial charge in [-0.05, 0) is 18.9 Å². The molecule has 0 aliphatic rings. The van der Waals surface area contributed by atoms with E-state index in [4.69, 9.17) is 11.5 Å². The minimum Gasteiger partial charge on any atom is -0.480 e. The van der Waals surface area contributed by atoms with E-state index in [1.807, 2.05) is 0 Å². The summed E-state index contributed by atoms with van der Waals surface area (Å²) in [5.74, 6) is -4.46. The number of primary amides is 1. The van der Waals surface area contributed by atoms with Crippen LogP contribution in [0.3, 0.4) is 0 Å². The number of amides is 4. The first-order valence-electron chi connectivity index (χ1n) is 9.87. The van der Waals surface area contributed by atoms with E-state index in [0.717, 1.165) is 0 Å². The lowest BCUT2D eigenvalue weighted by Crippen LogP contribution is -2.58. The number of benzene rings is 1. The topological polar surface area (TPSA) is 214 Å². The summed E-state index contributed by atoms with van der Waals surface area (Å²) in [6.07, 6.45) is -0.491. The molecule has 0 heterocycles. The number of aliphatic hydroxyl groups is 1. The van der Waals surface area contributed by atoms with Gasteiger partial charge in [0.2, 0.25) is 23.6 Å². The molecule has 32 heavy (non-hydrogen) atoms. The van der Waals surface area contributed by atoms with Crippen LogP contribution in [-0.2, 0) is 30.4 Å². The maximum absolute atomic E-state index is 12.8. The maximum atomic E-state index is 12.8. The number of carboxylic acid groups (broad SMARTS) is 1. The van der Waals surface area contributed by atoms with Gasteiger partial charge in [0.15, 0.2) is 0 Å². The fourth-order valence-electron chi connectivity index (χ4n) is 2.64. The zero-order valence-electron chi connectivity index (χ0n) is 17.6. The summed E-state index contributed by atoms with van der Waals surface area (Å²) < 4.78 is 0. The van der Waals surface area contributed by atoms with Crippen LogP contribution in [0.5, 0.6) is 0 Å². The van der Waals surface area contributed by atoms with Crippen molar-refractivity contribution in [2.24, 2.45) is 11.5 Å². The number of carbonyl (C=O) groups is 5. The van der Waals surface area contributed by atoms with Gasteiger partial charge in [-0.2, -0.15) is 0 Å². The molecule has 1 aromatic carbocycles. The van der Waals surface area contributed by atoms with Gasteiger partial charge in [-0.25, -0.2) is 4.79 Å². The molecule has 1 rings (SSSR count). The van der Waals surface area contributed by atoms with Gasteiger partial charge in [-0.1, -0.05) is 30.3 Å². The molecule has 12 heteroatoms. The Morgan fingerprint density at radius 3 is 1.94 bits per heavy atom. The molecule has 176 valence electrons. The minimum absolute atomic E-state index is 0.0000412. The van der Waals surface area contributed by atoms with Crippen LogP contribution in [0.15, 0.2) is 30.3 Å². The van der Waals surface area contributed by atoms with Crippen molar-refractivity contribution >= 4 is 29.6 Å². The van der Waals surface area contributed by atoms with Crippen molar-refractivity contribution in [2.45, 2.75) is 50.4 Å². The van der Waals surface area contributed by atoms with E-state index >= 15 is 0 Å². The number of nitrogens with two attached hydrogens (primary N) is 2. The summed E-state index contributed by atoms with van der Waals surface area (Å²) in [5, 5.41) is 25.8. The summed E-state index contributed by atoms with van der Waals surface area (Å²) in [4.78, 5) is 59.6. The standard InChI is InChI=1S/C20H29N5O7/c1-11(21)17(28)25-15(10-26)19(30)24-14(9-12-5-3-2-4-6-12)18(29)23-13(20(31)32)7-8-16(22)27/h2-6,11,13-15,26H,7-10,21H2,1H3,(H2,22,27)(H,23,29)(H,24,30)(H,25,28)(H,31,32). The van der Waals surface area contributed by atoms with Crippen LogP contribution < -0.4 is 27.4 Å². The van der Waals surface area contributed by atoms with Gasteiger partial charge >= 0.3 is 5.97 Å². The quantitative estimate of drug-likeness (QED) is 0.168. The lowest BCUT2D eigenvalue weighted by molar-refractivity contribution is -0.142. The van der Waals surface area contributed by atoms with Crippen molar-refractivity contribution in [3.05, 3.63) is 35.9 Å². The number of nitrogens with one attached hydrogen (secondary N) is 3. The Morgan fingerprint density at radius 2 is 1.44 bits per heavy atom. The number of hydrogen-bond donors (Lipinski definition) is 7. The first-order valence-corrected chi connectivity index (χ1v) is 9.87. The molecule has 0 aliphatic carbocycles. The summed E-state index contributed by atoms with van der Waals surface area (Å²) in [5.41, 5.74) is 11.2. The average molecular weight is 451 g/mol. The molecule has 0 spiro atoms. The molecule has 1 aromatic rings. The fourth-order valence-corrected chi connectivity index (χ4v) is 2.64. The molecule has 12 nitrogen and oxygen atoms in total. The third kappa shape index (κ3) is 9.10. The SMILES string of the molecule is CC(N)C(=O)NC(CO)C(=O)NC(Cc1ccccc1)C(=O)NC(CCC(N)=O)C(=O)O. The molecule has 4 unspecified atom stereocenters. The molecule has 9 N–H and O–H groups in total. The molecule has 0 saturated carbocycles. The highest BCUT2D eigenvalue weighted by Gasteiger charge is 2.30. The summed E-state index contributed by atoms with van der Waals surface area (Å²) >= 11 is 0. The lowest BCUT2D eigenvalue weighted by atomic mass is 10.0. The second-order valence-corrected chi connectivity index (χ2v) is 7.19. The number of rotatable bonds is 13. The number of carboxylic acids is 1. The monoisotopic (exact) mass is 451 g/mol. The van der Waals surface area contributed by atoms with E-state index in [1.165, 1.54) is 6.92 Å². The van der Waals surface area contributed by atoms with E-state index in [9.17, 15) is 34.2 Å². The van der Waals surface area contributed by atoms with Crippen LogP contribution in [0.25, 0.3) is 0 Å². The van der Waals surface area contributed by atoms with Gasteiger partial charge in [0.05, 0.1) is 12.6 Å². The highest BCUT2D eigenvalue weighted by atomic mass is 16.4. The molecule has 0 bridgehead atoms. The van der Waals surface area contributed by atoms with E-state index in [0.29, 0.717) is 5.56 Å². The third-order valence-corrected chi connectivity index (χ3v) is 4.44. The summed E-state index contributed by atoms with van der Waals surface area (Å²) in [6, 6.07) is 3.67. The molecule has 0 aromatic heterocycles. The van der Waals surface area contributed by atoms with Gasteiger partial charge in [-0.15, -0.1) is 0 Å². The van der Waals surface area contributed by atoms with E-state index in [-0.39, 0.29) is 19.3 Å². The van der Waals surface area contributed by atoms with Gasteiger partial charge in [0, 0.05) is 12.8 Å². The predicted molar refractivity (Wildman–Crippen MR) is 113 cm³/mol. The van der Waals surface area contributed by atoms with Crippen LogP contribution in [-0.4, -0.2) is 70.6 Å². The van der Waals surface area contributed by atoms with Crippen LogP contribution in [0.4, 0.5) is 0 Å². The highest BCUT2D eigenvalue weighted by molar-refractivity contribution is 5.94.